The zero-order chi connectivity index (χ0) is 23.6. The van der Waals surface area contributed by atoms with Crippen molar-refractivity contribution >= 4 is 40.4 Å². The van der Waals surface area contributed by atoms with Gasteiger partial charge < -0.3 is 5.32 Å². The van der Waals surface area contributed by atoms with Crippen molar-refractivity contribution < 1.29 is 13.2 Å². The number of hydrogen-bond donors (Lipinski definition) is 1. The fourth-order valence-electron chi connectivity index (χ4n) is 4.65. The van der Waals surface area contributed by atoms with Gasteiger partial charge in [0.15, 0.2) is 0 Å². The Balaban J connectivity index is 1.78. The summed E-state index contributed by atoms with van der Waals surface area (Å²) in [7, 11) is 0. The van der Waals surface area contributed by atoms with Gasteiger partial charge in [0.2, 0.25) is 0 Å². The molecule has 1 saturated heterocycles. The average molecular weight is 512 g/mol. The van der Waals surface area contributed by atoms with E-state index in [2.05, 4.69) is 10.3 Å². The van der Waals surface area contributed by atoms with Gasteiger partial charge in [-0.1, -0.05) is 59.7 Å². The number of nitrogens with one attached hydrogen (secondary N) is 1. The van der Waals surface area contributed by atoms with Crippen molar-refractivity contribution in [1.29, 1.82) is 0 Å². The quantitative estimate of drug-likeness (QED) is 0.479. The van der Waals surface area contributed by atoms with Crippen LogP contribution in [-0.4, -0.2) is 40.2 Å². The second-order valence-electron chi connectivity index (χ2n) is 8.16. The maximum absolute atomic E-state index is 15.1. The van der Waals surface area contributed by atoms with Gasteiger partial charge in [0.25, 0.3) is 0 Å². The minimum atomic E-state index is -4.62. The first-order chi connectivity index (χ1) is 15.7. The highest BCUT2D eigenvalue weighted by molar-refractivity contribution is 7.80. The van der Waals surface area contributed by atoms with Crippen LogP contribution in [0.25, 0.3) is 0 Å². The minimum absolute atomic E-state index is 0.00113. The van der Waals surface area contributed by atoms with E-state index in [1.165, 1.54) is 30.4 Å². The van der Waals surface area contributed by atoms with E-state index in [-0.39, 0.29) is 20.6 Å². The minimum Gasteiger partial charge on any atom is -0.370 e. The standard InChI is InChI=1S/C24H22Cl2F3N3S/c25-17-12-16(13-18(26)14-17)23(24(27,28)29)8-5-7-20(21(23)32-10-3-4-11-32)22(33)31-15-19-6-1-2-9-30-19/h1-2,5-9,12-14,21H,3-4,10-11,15H2,(H,31,33). The van der Waals surface area contributed by atoms with Crippen molar-refractivity contribution in [2.45, 2.75) is 37.0 Å². The molecule has 4 rings (SSSR count). The Labute approximate surface area is 206 Å². The Kier molecular flexibility index (Phi) is 7.15. The zero-order valence-electron chi connectivity index (χ0n) is 17.6. The van der Waals surface area contributed by atoms with Crippen molar-refractivity contribution in [3.63, 3.8) is 0 Å². The summed E-state index contributed by atoms with van der Waals surface area (Å²) < 4.78 is 45.2. The van der Waals surface area contributed by atoms with E-state index in [9.17, 15) is 0 Å². The van der Waals surface area contributed by atoms with E-state index in [1.807, 2.05) is 17.0 Å². The van der Waals surface area contributed by atoms with Crippen molar-refractivity contribution in [3.05, 3.63) is 87.7 Å². The van der Waals surface area contributed by atoms with E-state index < -0.39 is 17.6 Å². The zero-order valence-corrected chi connectivity index (χ0v) is 19.9. The van der Waals surface area contributed by atoms with E-state index in [1.54, 1.807) is 18.3 Å². The number of aromatic nitrogens is 1. The molecule has 0 radical (unpaired) electrons. The lowest BCUT2D eigenvalue weighted by Crippen LogP contribution is -2.60. The molecule has 174 valence electrons. The lowest BCUT2D eigenvalue weighted by Gasteiger charge is -2.47. The second kappa shape index (κ2) is 9.74. The summed E-state index contributed by atoms with van der Waals surface area (Å²) >= 11 is 17.9. The van der Waals surface area contributed by atoms with Crippen LogP contribution in [0.3, 0.4) is 0 Å². The molecule has 1 fully saturated rings. The Morgan fingerprint density at radius 1 is 1.15 bits per heavy atom. The molecule has 1 aromatic carbocycles. The molecule has 0 bridgehead atoms. The summed E-state index contributed by atoms with van der Waals surface area (Å²) in [5, 5.41) is 3.41. The molecule has 2 unspecified atom stereocenters. The Morgan fingerprint density at radius 2 is 1.85 bits per heavy atom. The van der Waals surface area contributed by atoms with Crippen LogP contribution >= 0.6 is 35.4 Å². The number of likely N-dealkylation sites (tertiary alicyclic amines) is 1. The van der Waals surface area contributed by atoms with Crippen molar-refractivity contribution in [3.8, 4) is 0 Å². The largest absolute Gasteiger partial charge is 0.403 e. The number of rotatable bonds is 5. The topological polar surface area (TPSA) is 28.2 Å². The molecule has 2 atom stereocenters. The van der Waals surface area contributed by atoms with Gasteiger partial charge in [-0.25, -0.2) is 0 Å². The van der Waals surface area contributed by atoms with Crippen LogP contribution in [-0.2, 0) is 12.0 Å². The first-order valence-electron chi connectivity index (χ1n) is 10.6. The second-order valence-corrected chi connectivity index (χ2v) is 9.44. The molecule has 1 aliphatic heterocycles. The number of allylic oxidation sites excluding steroid dienone is 2. The van der Waals surface area contributed by atoms with E-state index in [0.717, 1.165) is 18.5 Å². The Bertz CT molecular complexity index is 1060. The summed E-state index contributed by atoms with van der Waals surface area (Å²) in [6.07, 6.45) is 3.00. The molecule has 2 aliphatic rings. The monoisotopic (exact) mass is 511 g/mol. The number of hydrogen-bond acceptors (Lipinski definition) is 3. The Morgan fingerprint density at radius 3 is 2.45 bits per heavy atom. The smallest absolute Gasteiger partial charge is 0.370 e. The summed E-state index contributed by atoms with van der Waals surface area (Å²) in [6.45, 7) is 1.41. The highest BCUT2D eigenvalue weighted by Gasteiger charge is 2.62. The summed E-state index contributed by atoms with van der Waals surface area (Å²) in [5.41, 5.74) is -1.20. The molecule has 33 heavy (non-hydrogen) atoms. The van der Waals surface area contributed by atoms with Crippen LogP contribution in [0.5, 0.6) is 0 Å². The van der Waals surface area contributed by atoms with Gasteiger partial charge in [0, 0.05) is 21.8 Å². The van der Waals surface area contributed by atoms with Crippen molar-refractivity contribution in [1.82, 2.24) is 15.2 Å². The first-order valence-corrected chi connectivity index (χ1v) is 11.7. The van der Waals surface area contributed by atoms with E-state index in [0.29, 0.717) is 25.2 Å². The number of pyridine rings is 1. The van der Waals surface area contributed by atoms with Gasteiger partial charge in [-0.05, 0) is 61.8 Å². The third-order valence-electron chi connectivity index (χ3n) is 6.09. The van der Waals surface area contributed by atoms with Gasteiger partial charge in [0.05, 0.1) is 18.3 Å². The molecule has 0 amide bonds. The molecule has 2 aromatic rings. The normalized spacial score (nSPS) is 23.4. The Hall–Kier alpha value is -1.93. The predicted octanol–water partition coefficient (Wildman–Crippen LogP) is 6.27. The van der Waals surface area contributed by atoms with Crippen LogP contribution in [0.4, 0.5) is 13.2 Å². The van der Waals surface area contributed by atoms with Gasteiger partial charge in [-0.2, -0.15) is 13.2 Å². The maximum Gasteiger partial charge on any atom is 0.403 e. The maximum atomic E-state index is 15.1. The molecule has 1 aromatic heterocycles. The van der Waals surface area contributed by atoms with E-state index >= 15 is 13.2 Å². The first kappa shape index (κ1) is 24.2. The summed E-state index contributed by atoms with van der Waals surface area (Å²) in [4.78, 5) is 6.39. The highest BCUT2D eigenvalue weighted by Crippen LogP contribution is 2.51. The molecule has 0 saturated carbocycles. The van der Waals surface area contributed by atoms with Gasteiger partial charge in [0.1, 0.15) is 10.4 Å². The van der Waals surface area contributed by atoms with Crippen LogP contribution in [0.2, 0.25) is 10.0 Å². The fraction of sp³-hybridized carbons (Fsp3) is 0.333. The molecule has 3 nitrogen and oxygen atoms in total. The summed E-state index contributed by atoms with van der Waals surface area (Å²) in [5.74, 6) is 0. The lowest BCUT2D eigenvalue weighted by atomic mass is 9.67. The van der Waals surface area contributed by atoms with Crippen molar-refractivity contribution in [2.24, 2.45) is 0 Å². The van der Waals surface area contributed by atoms with Crippen LogP contribution in [0.1, 0.15) is 24.1 Å². The number of halogens is 5. The molecular weight excluding hydrogens is 490 g/mol. The molecule has 9 heteroatoms. The predicted molar refractivity (Wildman–Crippen MR) is 130 cm³/mol. The molecule has 0 spiro atoms. The van der Waals surface area contributed by atoms with Gasteiger partial charge >= 0.3 is 6.18 Å². The highest BCUT2D eigenvalue weighted by atomic mass is 35.5. The SMILES string of the molecule is FC(F)(F)C1(c2cc(Cl)cc(Cl)c2)C=CC=C(C(=S)NCc2ccccn2)C1N1CCCC1. The van der Waals surface area contributed by atoms with Crippen LogP contribution in [0, 0.1) is 0 Å². The number of nitrogens with zero attached hydrogens (tertiary/aromatic N) is 2. The molecular formula is C24H22Cl2F3N3S. The van der Waals surface area contributed by atoms with Crippen molar-refractivity contribution in [2.75, 3.05) is 13.1 Å². The molecule has 1 aliphatic carbocycles. The summed E-state index contributed by atoms with van der Waals surface area (Å²) in [6, 6.07) is 8.56. The number of thiocarbonyl (C=S) groups is 1. The third kappa shape index (κ3) is 4.83. The van der Waals surface area contributed by atoms with E-state index in [4.69, 9.17) is 35.4 Å². The number of alkyl halides is 3. The van der Waals surface area contributed by atoms with Crippen LogP contribution in [0.15, 0.2) is 66.4 Å². The lowest BCUT2D eigenvalue weighted by molar-refractivity contribution is -0.189. The average Bonchev–Trinajstić information content (AvgIpc) is 3.30. The molecule has 2 heterocycles. The third-order valence-corrected chi connectivity index (χ3v) is 6.91. The molecule has 1 N–H and O–H groups in total. The number of benzene rings is 1. The van der Waals surface area contributed by atoms with Gasteiger partial charge in [-0.15, -0.1) is 0 Å². The fourth-order valence-corrected chi connectivity index (χ4v) is 5.43. The van der Waals surface area contributed by atoms with Crippen LogP contribution < -0.4 is 5.32 Å². The van der Waals surface area contributed by atoms with Gasteiger partial charge in [-0.3, -0.25) is 9.88 Å².